The number of fused-ring (bicyclic) bond motifs is 1. The van der Waals surface area contributed by atoms with Gasteiger partial charge in [-0.05, 0) is 93.5 Å². The Kier molecular flexibility index (Phi) is 6.30. The number of hydrogen-bond acceptors (Lipinski definition) is 4. The number of barbiturate groups is 1. The van der Waals surface area contributed by atoms with E-state index < -0.39 is 23.7 Å². The van der Waals surface area contributed by atoms with Crippen molar-refractivity contribution in [2.24, 2.45) is 0 Å². The normalized spacial score (nSPS) is 20.8. The van der Waals surface area contributed by atoms with Gasteiger partial charge in [0.05, 0.1) is 5.69 Å². The average Bonchev–Trinajstić information content (AvgIpc) is 2.76. The Balaban J connectivity index is 1.77. The van der Waals surface area contributed by atoms with Crippen molar-refractivity contribution in [2.75, 3.05) is 16.3 Å². The molecule has 2 aliphatic rings. The van der Waals surface area contributed by atoms with Crippen LogP contribution < -0.4 is 15.1 Å². The van der Waals surface area contributed by atoms with Crippen LogP contribution in [-0.2, 0) is 9.59 Å². The number of rotatable bonds is 4. The number of amides is 4. The minimum absolute atomic E-state index is 0.110. The highest BCUT2D eigenvalue weighted by Gasteiger charge is 2.39. The van der Waals surface area contributed by atoms with E-state index in [2.05, 4.69) is 37.9 Å². The van der Waals surface area contributed by atoms with Gasteiger partial charge in [-0.15, -0.1) is 0 Å². The first kappa shape index (κ1) is 24.6. The molecule has 2 heterocycles. The van der Waals surface area contributed by atoms with Crippen LogP contribution in [0.4, 0.5) is 20.6 Å². The third-order valence-electron chi connectivity index (χ3n) is 7.10. The maximum atomic E-state index is 15.4. The quantitative estimate of drug-likeness (QED) is 0.459. The van der Waals surface area contributed by atoms with Crippen molar-refractivity contribution >= 4 is 35.3 Å². The largest absolute Gasteiger partial charge is 0.366 e. The molecule has 0 aliphatic carbocycles. The molecule has 1 atom stereocenters. The molecule has 2 aliphatic heterocycles. The number of imide groups is 2. The van der Waals surface area contributed by atoms with Crippen LogP contribution >= 0.6 is 0 Å². The zero-order chi connectivity index (χ0) is 25.7. The fourth-order valence-corrected chi connectivity index (χ4v) is 5.19. The molecule has 1 fully saturated rings. The Labute approximate surface area is 205 Å². The zero-order valence-corrected chi connectivity index (χ0v) is 21.2. The van der Waals surface area contributed by atoms with Crippen molar-refractivity contribution in [1.29, 1.82) is 0 Å². The summed E-state index contributed by atoms with van der Waals surface area (Å²) in [5.74, 6) is -1.95. The van der Waals surface area contributed by atoms with Crippen LogP contribution in [0, 0.1) is 19.7 Å². The number of halogens is 1. The second kappa shape index (κ2) is 8.95. The van der Waals surface area contributed by atoms with Gasteiger partial charge in [-0.2, -0.15) is 0 Å². The maximum absolute atomic E-state index is 15.4. The lowest BCUT2D eigenvalue weighted by Crippen LogP contribution is -2.54. The van der Waals surface area contributed by atoms with Gasteiger partial charge in [0.25, 0.3) is 11.8 Å². The topological polar surface area (TPSA) is 69.7 Å². The molecule has 2 aromatic rings. The number of aryl methyl sites for hydroxylation is 2. The lowest BCUT2D eigenvalue weighted by molar-refractivity contribution is -0.122. The third kappa shape index (κ3) is 4.35. The van der Waals surface area contributed by atoms with Gasteiger partial charge in [-0.3, -0.25) is 14.9 Å². The molecule has 184 valence electrons. The van der Waals surface area contributed by atoms with Gasteiger partial charge < -0.3 is 4.90 Å². The second-order valence-corrected chi connectivity index (χ2v) is 10.2. The minimum Gasteiger partial charge on any atom is -0.366 e. The van der Waals surface area contributed by atoms with E-state index in [0.29, 0.717) is 5.69 Å². The molecule has 0 saturated carbocycles. The summed E-state index contributed by atoms with van der Waals surface area (Å²) in [6.45, 7) is 13.1. The monoisotopic (exact) mass is 477 g/mol. The Hall–Kier alpha value is -3.48. The Morgan fingerprint density at radius 2 is 1.83 bits per heavy atom. The summed E-state index contributed by atoms with van der Waals surface area (Å²) in [5, 5.41) is 2.22. The Morgan fingerprint density at radius 1 is 1.11 bits per heavy atom. The van der Waals surface area contributed by atoms with Gasteiger partial charge in [0, 0.05) is 23.3 Å². The molecule has 4 amide bonds. The first-order valence-corrected chi connectivity index (χ1v) is 12.0. The standard InChI is InChI=1S/C28H32FN3O3/c1-7-10-31-24-14-23(29)19(12-21(24)18(4)15-28(31,5)6)13-22-25(33)30-27(35)32(26(22)34)20-9-8-16(2)17(3)11-20/h8-9,11-14,18H,7,10,15H2,1-6H3,(H,30,33,35)/b22-13-. The molecular formula is C28H32FN3O3. The lowest BCUT2D eigenvalue weighted by Gasteiger charge is -2.47. The summed E-state index contributed by atoms with van der Waals surface area (Å²) in [7, 11) is 0. The van der Waals surface area contributed by atoms with Gasteiger partial charge >= 0.3 is 6.03 Å². The first-order chi connectivity index (χ1) is 16.4. The second-order valence-electron chi connectivity index (χ2n) is 10.2. The smallest absolute Gasteiger partial charge is 0.335 e. The van der Waals surface area contributed by atoms with Crippen LogP contribution in [0.25, 0.3) is 6.08 Å². The average molecular weight is 478 g/mol. The molecule has 6 nitrogen and oxygen atoms in total. The molecule has 0 aromatic heterocycles. The fraction of sp³-hybridized carbons (Fsp3) is 0.393. The van der Waals surface area contributed by atoms with Gasteiger partial charge in [0.1, 0.15) is 11.4 Å². The van der Waals surface area contributed by atoms with Crippen LogP contribution in [0.3, 0.4) is 0 Å². The Morgan fingerprint density at radius 3 is 2.49 bits per heavy atom. The van der Waals surface area contributed by atoms with Crippen LogP contribution in [0.15, 0.2) is 35.9 Å². The van der Waals surface area contributed by atoms with Gasteiger partial charge in [0.15, 0.2) is 0 Å². The summed E-state index contributed by atoms with van der Waals surface area (Å²) in [4.78, 5) is 41.6. The van der Waals surface area contributed by atoms with Gasteiger partial charge in [-0.1, -0.05) is 19.9 Å². The van der Waals surface area contributed by atoms with Gasteiger partial charge in [-0.25, -0.2) is 14.1 Å². The van der Waals surface area contributed by atoms with Crippen LogP contribution in [0.2, 0.25) is 0 Å². The number of urea groups is 1. The molecule has 35 heavy (non-hydrogen) atoms. The molecule has 1 N–H and O–H groups in total. The van der Waals surface area contributed by atoms with Crippen LogP contribution in [0.1, 0.15) is 68.7 Å². The highest BCUT2D eigenvalue weighted by molar-refractivity contribution is 6.39. The number of nitrogens with zero attached hydrogens (tertiary/aromatic N) is 2. The molecule has 4 rings (SSSR count). The minimum atomic E-state index is -0.834. The van der Waals surface area contributed by atoms with Crippen molar-refractivity contribution in [1.82, 2.24) is 5.32 Å². The van der Waals surface area contributed by atoms with Crippen molar-refractivity contribution in [3.8, 4) is 0 Å². The first-order valence-electron chi connectivity index (χ1n) is 12.0. The number of carbonyl (C=O) groups excluding carboxylic acids is 3. The number of anilines is 2. The van der Waals surface area contributed by atoms with Crippen molar-refractivity contribution in [2.45, 2.75) is 65.8 Å². The number of nitrogens with one attached hydrogen (secondary N) is 1. The SMILES string of the molecule is CCCN1c2cc(F)c(/C=C3/C(=O)NC(=O)N(c4ccc(C)c(C)c4)C3=O)cc2C(C)CC1(C)C. The molecule has 0 bridgehead atoms. The number of benzene rings is 2. The number of carbonyl (C=O) groups is 3. The molecule has 0 spiro atoms. The molecule has 1 unspecified atom stereocenters. The fourth-order valence-electron chi connectivity index (χ4n) is 5.19. The molecular weight excluding hydrogens is 445 g/mol. The van der Waals surface area contributed by atoms with Crippen LogP contribution in [-0.4, -0.2) is 29.9 Å². The molecule has 1 saturated heterocycles. The molecule has 2 aromatic carbocycles. The van der Waals surface area contributed by atoms with E-state index in [9.17, 15) is 14.4 Å². The summed E-state index contributed by atoms with van der Waals surface area (Å²) in [6, 6.07) is 7.59. The highest BCUT2D eigenvalue weighted by atomic mass is 19.1. The predicted molar refractivity (Wildman–Crippen MR) is 136 cm³/mol. The summed E-state index contributed by atoms with van der Waals surface area (Å²) in [5.41, 5.74) is 3.86. The van der Waals surface area contributed by atoms with E-state index in [0.717, 1.165) is 46.7 Å². The maximum Gasteiger partial charge on any atom is 0.335 e. The van der Waals surface area contributed by atoms with E-state index in [4.69, 9.17) is 0 Å². The Bertz CT molecular complexity index is 1260. The third-order valence-corrected chi connectivity index (χ3v) is 7.10. The summed E-state index contributed by atoms with van der Waals surface area (Å²) < 4.78 is 15.4. The highest BCUT2D eigenvalue weighted by Crippen LogP contribution is 2.44. The van der Waals surface area contributed by atoms with E-state index in [1.165, 1.54) is 12.1 Å². The molecule has 7 heteroatoms. The number of hydrogen-bond donors (Lipinski definition) is 1. The van der Waals surface area contributed by atoms with Crippen molar-refractivity contribution in [3.63, 3.8) is 0 Å². The van der Waals surface area contributed by atoms with E-state index in [-0.39, 0.29) is 22.6 Å². The predicted octanol–water partition coefficient (Wildman–Crippen LogP) is 5.61. The lowest BCUT2D eigenvalue weighted by atomic mass is 9.79. The molecule has 0 radical (unpaired) electrons. The zero-order valence-electron chi connectivity index (χ0n) is 21.2. The van der Waals surface area contributed by atoms with Crippen molar-refractivity contribution < 1.29 is 18.8 Å². The van der Waals surface area contributed by atoms with E-state index in [1.54, 1.807) is 24.3 Å². The summed E-state index contributed by atoms with van der Waals surface area (Å²) in [6.07, 6.45) is 3.09. The van der Waals surface area contributed by atoms with E-state index in [1.807, 2.05) is 13.8 Å². The van der Waals surface area contributed by atoms with E-state index >= 15 is 4.39 Å². The summed E-state index contributed by atoms with van der Waals surface area (Å²) >= 11 is 0. The van der Waals surface area contributed by atoms with Gasteiger partial charge in [0.2, 0.25) is 0 Å². The van der Waals surface area contributed by atoms with Crippen molar-refractivity contribution in [3.05, 3.63) is 64.0 Å². The van der Waals surface area contributed by atoms with Crippen LogP contribution in [0.5, 0.6) is 0 Å².